The minimum atomic E-state index is -1.72. The lowest BCUT2D eigenvalue weighted by Gasteiger charge is -2.60. The average molecular weight is 897 g/mol. The van der Waals surface area contributed by atoms with Gasteiger partial charge in [0.2, 0.25) is 0 Å². The first-order chi connectivity index (χ1) is 29.8. The highest BCUT2D eigenvalue weighted by molar-refractivity contribution is 5.66. The van der Waals surface area contributed by atoms with Crippen LogP contribution in [0.3, 0.4) is 0 Å². The third-order valence-electron chi connectivity index (χ3n) is 17.6. The van der Waals surface area contributed by atoms with Gasteiger partial charge in [0.25, 0.3) is 0 Å². The van der Waals surface area contributed by atoms with Crippen LogP contribution in [-0.2, 0) is 47.4 Å². The standard InChI is InChI=1S/C46H72O17/c1-19-10-13-46(56-17-19)20(2)32-30(63-46)16-28-26-9-8-24-14-25(48)15-31(45(24,7)27(26)11-12-44(28,32)6)60-43-40(62-42-39(59-23(5)47)36(53)33(50)21(3)57-42)38(34(51)22(4)58-43)61-41-37(54)35(52)29(49)18-55-41/h8,19-22,25-43,48-54H,9-18H2,1-7H3/t19-,20-,21-,22+,25+,26-,27+,28-,29+,30-,31+,32-,33-,34-,35-,36+,37+,38-,39+,40+,41-,42-,43-,44-,45-,46+/m0/s1. The van der Waals surface area contributed by atoms with Gasteiger partial charge in [-0.05, 0) is 87.4 Å². The number of aliphatic hydroxyl groups is 7. The van der Waals surface area contributed by atoms with Gasteiger partial charge in [-0.25, -0.2) is 0 Å². The van der Waals surface area contributed by atoms with E-state index in [1.165, 1.54) is 6.92 Å². The lowest BCUT2D eigenvalue weighted by Crippen LogP contribution is -2.66. The van der Waals surface area contributed by atoms with Crippen molar-refractivity contribution in [3.05, 3.63) is 11.6 Å². The molecule has 5 heterocycles. The fourth-order valence-electron chi connectivity index (χ4n) is 14.1. The van der Waals surface area contributed by atoms with E-state index in [1.807, 2.05) is 0 Å². The van der Waals surface area contributed by atoms with E-state index in [4.69, 9.17) is 42.6 Å². The van der Waals surface area contributed by atoms with E-state index in [1.54, 1.807) is 6.92 Å². The molecule has 17 heteroatoms. The summed E-state index contributed by atoms with van der Waals surface area (Å²) >= 11 is 0. The first kappa shape index (κ1) is 46.7. The molecule has 5 saturated heterocycles. The molecule has 26 atom stereocenters. The molecular formula is C46H72O17. The second-order valence-electron chi connectivity index (χ2n) is 21.3. The molecule has 63 heavy (non-hydrogen) atoms. The summed E-state index contributed by atoms with van der Waals surface area (Å²) in [5.41, 5.74) is 0.623. The van der Waals surface area contributed by atoms with E-state index < -0.39 is 115 Å². The molecule has 0 aromatic rings. The number of hydrogen-bond acceptors (Lipinski definition) is 17. The van der Waals surface area contributed by atoms with Crippen LogP contribution in [0, 0.1) is 46.3 Å². The number of aliphatic hydroxyl groups excluding tert-OH is 7. The van der Waals surface area contributed by atoms with Crippen molar-refractivity contribution in [3.63, 3.8) is 0 Å². The molecule has 9 rings (SSSR count). The second kappa shape index (κ2) is 17.3. The second-order valence-corrected chi connectivity index (χ2v) is 21.3. The molecule has 3 saturated carbocycles. The van der Waals surface area contributed by atoms with Crippen molar-refractivity contribution in [2.75, 3.05) is 13.2 Å². The number of fused-ring (bicyclic) bond motifs is 7. The van der Waals surface area contributed by atoms with E-state index in [2.05, 4.69) is 33.8 Å². The summed E-state index contributed by atoms with van der Waals surface area (Å²) in [6.07, 6.45) is -12.3. The number of carbonyl (C=O) groups is 1. The van der Waals surface area contributed by atoms with Gasteiger partial charge in [0.15, 0.2) is 30.8 Å². The number of ether oxygens (including phenoxy) is 9. The molecule has 8 fully saturated rings. The fraction of sp³-hybridized carbons (Fsp3) is 0.935. The summed E-state index contributed by atoms with van der Waals surface area (Å²) in [4.78, 5) is 12.3. The van der Waals surface area contributed by atoms with Crippen LogP contribution in [0.25, 0.3) is 0 Å². The third kappa shape index (κ3) is 7.78. The Morgan fingerprint density at radius 3 is 2.14 bits per heavy atom. The van der Waals surface area contributed by atoms with Crippen LogP contribution in [-0.4, -0.2) is 165 Å². The van der Waals surface area contributed by atoms with Crippen molar-refractivity contribution in [2.45, 2.75) is 210 Å². The molecule has 0 unspecified atom stereocenters. The quantitative estimate of drug-likeness (QED) is 0.141. The fourth-order valence-corrected chi connectivity index (χ4v) is 14.1. The largest absolute Gasteiger partial charge is 0.454 e. The Morgan fingerprint density at radius 2 is 1.44 bits per heavy atom. The molecule has 1 spiro atoms. The van der Waals surface area contributed by atoms with Gasteiger partial charge in [-0.1, -0.05) is 39.3 Å². The molecule has 17 nitrogen and oxygen atoms in total. The monoisotopic (exact) mass is 896 g/mol. The number of hydrogen-bond donors (Lipinski definition) is 7. The maximum atomic E-state index is 12.3. The first-order valence-corrected chi connectivity index (χ1v) is 23.6. The predicted octanol–water partition coefficient (Wildman–Crippen LogP) is 1.42. The zero-order chi connectivity index (χ0) is 45.1. The van der Waals surface area contributed by atoms with Gasteiger partial charge in [0.1, 0.15) is 48.8 Å². The molecule has 0 bridgehead atoms. The zero-order valence-corrected chi connectivity index (χ0v) is 37.6. The molecule has 0 radical (unpaired) electrons. The normalized spacial score (nSPS) is 56.8. The van der Waals surface area contributed by atoms with Gasteiger partial charge in [-0.15, -0.1) is 0 Å². The zero-order valence-electron chi connectivity index (χ0n) is 37.6. The van der Waals surface area contributed by atoms with Gasteiger partial charge in [0.05, 0.1) is 43.7 Å². The first-order valence-electron chi connectivity index (χ1n) is 23.6. The number of carbonyl (C=O) groups excluding carboxylic acids is 1. The number of allylic oxidation sites excluding steroid dienone is 1. The van der Waals surface area contributed by atoms with Crippen LogP contribution >= 0.6 is 0 Å². The van der Waals surface area contributed by atoms with Crippen LogP contribution < -0.4 is 0 Å². The van der Waals surface area contributed by atoms with E-state index in [0.717, 1.165) is 57.6 Å². The molecule has 9 aliphatic rings. The topological polar surface area (TPSA) is 242 Å². The summed E-state index contributed by atoms with van der Waals surface area (Å²) in [6, 6.07) is 0. The molecule has 5 aliphatic heterocycles. The summed E-state index contributed by atoms with van der Waals surface area (Å²) in [6.45, 7) is 13.9. The maximum Gasteiger partial charge on any atom is 0.303 e. The maximum absolute atomic E-state index is 12.3. The van der Waals surface area contributed by atoms with Gasteiger partial charge in [-0.2, -0.15) is 0 Å². The lowest BCUT2D eigenvalue weighted by atomic mass is 9.46. The van der Waals surface area contributed by atoms with Crippen molar-refractivity contribution in [1.29, 1.82) is 0 Å². The highest BCUT2D eigenvalue weighted by Crippen LogP contribution is 2.71. The van der Waals surface area contributed by atoms with Gasteiger partial charge in [-0.3, -0.25) is 4.79 Å². The van der Waals surface area contributed by atoms with E-state index in [0.29, 0.717) is 30.1 Å². The Bertz CT molecular complexity index is 1690. The number of rotatable bonds is 7. The summed E-state index contributed by atoms with van der Waals surface area (Å²) in [5, 5.41) is 76.8. The minimum absolute atomic E-state index is 0.0537. The minimum Gasteiger partial charge on any atom is -0.454 e. The molecule has 0 aromatic carbocycles. The van der Waals surface area contributed by atoms with Crippen LogP contribution in [0.15, 0.2) is 11.6 Å². The van der Waals surface area contributed by atoms with Gasteiger partial charge in [0, 0.05) is 31.1 Å². The van der Waals surface area contributed by atoms with Crippen molar-refractivity contribution in [1.82, 2.24) is 0 Å². The van der Waals surface area contributed by atoms with Crippen LogP contribution in [0.1, 0.15) is 99.8 Å². The van der Waals surface area contributed by atoms with Crippen molar-refractivity contribution in [3.8, 4) is 0 Å². The number of esters is 1. The van der Waals surface area contributed by atoms with Crippen molar-refractivity contribution in [2.24, 2.45) is 46.3 Å². The van der Waals surface area contributed by atoms with Gasteiger partial charge < -0.3 is 78.4 Å². The highest BCUT2D eigenvalue weighted by Gasteiger charge is 2.70. The molecule has 358 valence electrons. The SMILES string of the molecule is CC(=O)O[C@H]1[C@H](O[C@H]2[C@H](O[C@@H]3C[C@H](O)CC4=CC[C@H]5[C@@H](CC[C@]6(C)[C@@H]7[C@H](C[C@@H]56)O[C@]5(CC[C@H](C)CO5)[C@H]7C)[C@]43C)O[C@H](C)[C@H](O)[C@@H]2O[C@@H]2OC[C@@H](O)[C@H](O)[C@H]2O)O[C@@H](C)[C@H](O)[C@H]1O. The Hall–Kier alpha value is -1.39. The van der Waals surface area contributed by atoms with E-state index >= 15 is 0 Å². The van der Waals surface area contributed by atoms with E-state index in [9.17, 15) is 40.5 Å². The van der Waals surface area contributed by atoms with Crippen LogP contribution in [0.5, 0.6) is 0 Å². The molecule has 7 N–H and O–H groups in total. The third-order valence-corrected chi connectivity index (χ3v) is 17.6. The Balaban J connectivity index is 1.02. The summed E-state index contributed by atoms with van der Waals surface area (Å²) in [5.74, 6) is 0.791. The summed E-state index contributed by atoms with van der Waals surface area (Å²) < 4.78 is 57.1. The van der Waals surface area contributed by atoms with E-state index in [-0.39, 0.29) is 36.4 Å². The summed E-state index contributed by atoms with van der Waals surface area (Å²) in [7, 11) is 0. The predicted molar refractivity (Wildman–Crippen MR) is 218 cm³/mol. The Kier molecular flexibility index (Phi) is 12.8. The van der Waals surface area contributed by atoms with Crippen molar-refractivity contribution >= 4 is 5.97 Å². The Labute approximate surface area is 369 Å². The smallest absolute Gasteiger partial charge is 0.303 e. The molecular weight excluding hydrogens is 824 g/mol. The van der Waals surface area contributed by atoms with Crippen LogP contribution in [0.2, 0.25) is 0 Å². The lowest BCUT2D eigenvalue weighted by molar-refractivity contribution is -0.391. The molecule has 0 aromatic heterocycles. The average Bonchev–Trinajstić information content (AvgIpc) is 3.68. The van der Waals surface area contributed by atoms with Crippen LogP contribution in [0.4, 0.5) is 0 Å². The Morgan fingerprint density at radius 1 is 0.746 bits per heavy atom. The highest BCUT2D eigenvalue weighted by atomic mass is 16.8. The molecule has 0 amide bonds. The molecule has 4 aliphatic carbocycles. The van der Waals surface area contributed by atoms with Crippen molar-refractivity contribution < 1.29 is 83.2 Å². The van der Waals surface area contributed by atoms with Gasteiger partial charge >= 0.3 is 5.97 Å².